The Morgan fingerprint density at radius 3 is 2.76 bits per heavy atom. The predicted octanol–water partition coefficient (Wildman–Crippen LogP) is 6.09. The number of hydrogen-bond donors (Lipinski definition) is 2. The Kier molecular flexibility index (Phi) is 9.99. The second-order valence-corrected chi connectivity index (χ2v) is 10.5. The van der Waals surface area contributed by atoms with Crippen molar-refractivity contribution >= 4 is 34.9 Å². The summed E-state index contributed by atoms with van der Waals surface area (Å²) in [6.45, 7) is 9.99. The van der Waals surface area contributed by atoms with Gasteiger partial charge in [-0.05, 0) is 68.0 Å². The number of halogens is 2. The first-order chi connectivity index (χ1) is 20.5. The fourth-order valence-electron chi connectivity index (χ4n) is 4.92. The zero-order valence-electron chi connectivity index (χ0n) is 24.0. The summed E-state index contributed by atoms with van der Waals surface area (Å²) in [5.74, 6) is 2.43. The smallest absolute Gasteiger partial charge is 0.224 e. The van der Waals surface area contributed by atoms with E-state index in [-0.39, 0.29) is 12.4 Å². The van der Waals surface area contributed by atoms with Gasteiger partial charge in [0, 0.05) is 43.5 Å². The minimum absolute atomic E-state index is 0.218. The van der Waals surface area contributed by atoms with Gasteiger partial charge in [-0.3, -0.25) is 0 Å². The molecule has 42 heavy (non-hydrogen) atoms. The minimum atomic E-state index is -0.299. The molecule has 2 aromatic heterocycles. The van der Waals surface area contributed by atoms with Gasteiger partial charge in [-0.1, -0.05) is 37.6 Å². The summed E-state index contributed by atoms with van der Waals surface area (Å²) in [4.78, 5) is 22.9. The molecular weight excluding hydrogens is 555 g/mol. The number of hydrogen-bond acceptors (Lipinski definition) is 9. The first-order valence-corrected chi connectivity index (χ1v) is 14.7. The predicted molar refractivity (Wildman–Crippen MR) is 165 cm³/mol. The zero-order chi connectivity index (χ0) is 29.3. The fourth-order valence-corrected chi connectivity index (χ4v) is 5.15. The lowest BCUT2D eigenvalue weighted by molar-refractivity contribution is 0.303. The van der Waals surface area contributed by atoms with Crippen molar-refractivity contribution in [1.29, 1.82) is 0 Å². The quantitative estimate of drug-likeness (QED) is 0.180. The van der Waals surface area contributed by atoms with Crippen LogP contribution in [0.2, 0.25) is 5.02 Å². The molecule has 0 atom stereocenters. The van der Waals surface area contributed by atoms with Crippen LogP contribution in [-0.4, -0.2) is 57.6 Å². The first kappa shape index (κ1) is 29.5. The molecule has 0 radical (unpaired) electrons. The van der Waals surface area contributed by atoms with Crippen LogP contribution >= 0.6 is 11.6 Å². The summed E-state index contributed by atoms with van der Waals surface area (Å²) < 4.78 is 19.3. The Morgan fingerprint density at radius 1 is 1.07 bits per heavy atom. The lowest BCUT2D eigenvalue weighted by Gasteiger charge is -2.30. The molecule has 0 saturated heterocycles. The molecule has 0 amide bonds. The third-order valence-electron chi connectivity index (χ3n) is 7.27. The molecule has 0 aliphatic carbocycles. The van der Waals surface area contributed by atoms with E-state index in [1.54, 1.807) is 30.7 Å². The van der Waals surface area contributed by atoms with Crippen molar-refractivity contribution in [1.82, 2.24) is 24.8 Å². The molecule has 9 nitrogen and oxygen atoms in total. The van der Waals surface area contributed by atoms with Crippen molar-refractivity contribution in [2.24, 2.45) is 0 Å². The lowest BCUT2D eigenvalue weighted by Crippen LogP contribution is -2.32. The Labute approximate surface area is 251 Å². The van der Waals surface area contributed by atoms with Crippen LogP contribution in [0.3, 0.4) is 0 Å². The van der Waals surface area contributed by atoms with E-state index in [1.807, 2.05) is 18.2 Å². The van der Waals surface area contributed by atoms with Gasteiger partial charge in [0.25, 0.3) is 0 Å². The van der Waals surface area contributed by atoms with Crippen LogP contribution in [0, 0.1) is 5.82 Å². The van der Waals surface area contributed by atoms with E-state index in [0.29, 0.717) is 23.3 Å². The van der Waals surface area contributed by atoms with E-state index < -0.39 is 0 Å². The molecule has 3 heterocycles. The summed E-state index contributed by atoms with van der Waals surface area (Å²) in [6.07, 6.45) is 5.19. The Morgan fingerprint density at radius 2 is 1.95 bits per heavy atom. The van der Waals surface area contributed by atoms with E-state index in [4.69, 9.17) is 21.3 Å². The summed E-state index contributed by atoms with van der Waals surface area (Å²) >= 11 is 6.53. The molecule has 4 aromatic rings. The van der Waals surface area contributed by atoms with Crippen molar-refractivity contribution in [2.75, 3.05) is 48.3 Å². The number of benzene rings is 2. The summed E-state index contributed by atoms with van der Waals surface area (Å²) in [5, 5.41) is 7.21. The molecule has 1 aliphatic heterocycles. The van der Waals surface area contributed by atoms with Gasteiger partial charge < -0.3 is 25.2 Å². The van der Waals surface area contributed by atoms with Crippen LogP contribution in [0.15, 0.2) is 61.1 Å². The van der Waals surface area contributed by atoms with E-state index in [0.717, 1.165) is 79.7 Å². The van der Waals surface area contributed by atoms with Gasteiger partial charge in [0.2, 0.25) is 5.95 Å². The van der Waals surface area contributed by atoms with E-state index in [2.05, 4.69) is 49.2 Å². The summed E-state index contributed by atoms with van der Waals surface area (Å²) in [7, 11) is 0. The highest BCUT2D eigenvalue weighted by Crippen LogP contribution is 2.32. The van der Waals surface area contributed by atoms with Gasteiger partial charge in [-0.15, -0.1) is 0 Å². The van der Waals surface area contributed by atoms with E-state index in [9.17, 15) is 4.39 Å². The highest BCUT2D eigenvalue weighted by molar-refractivity contribution is 6.32. The average Bonchev–Trinajstić information content (AvgIpc) is 3.01. The average molecular weight is 591 g/mol. The number of anilines is 4. The third-order valence-corrected chi connectivity index (χ3v) is 7.57. The van der Waals surface area contributed by atoms with Crippen LogP contribution in [-0.2, 0) is 19.6 Å². The highest BCUT2D eigenvalue weighted by atomic mass is 35.5. The molecule has 0 bridgehead atoms. The molecule has 220 valence electrons. The Balaban J connectivity index is 1.22. The van der Waals surface area contributed by atoms with Crippen LogP contribution in [0.1, 0.15) is 37.1 Å². The molecule has 11 heteroatoms. The van der Waals surface area contributed by atoms with Crippen LogP contribution in [0.4, 0.5) is 27.7 Å². The molecule has 2 N–H and O–H groups in total. The Hall–Kier alpha value is -4.02. The molecule has 2 aromatic carbocycles. The maximum Gasteiger partial charge on any atom is 0.224 e. The number of fused-ring (bicyclic) bond motifs is 1. The molecule has 0 spiro atoms. The monoisotopic (exact) mass is 590 g/mol. The molecule has 0 fully saturated rings. The maximum atomic E-state index is 13.5. The Bertz CT molecular complexity index is 1490. The number of nitrogens with one attached hydrogen (secondary N) is 2. The van der Waals surface area contributed by atoms with Gasteiger partial charge >= 0.3 is 0 Å². The van der Waals surface area contributed by atoms with Gasteiger partial charge in [0.05, 0.1) is 10.7 Å². The van der Waals surface area contributed by atoms with Gasteiger partial charge in [0.15, 0.2) is 0 Å². The number of aromatic nitrogens is 4. The minimum Gasteiger partial charge on any atom is -0.487 e. The van der Waals surface area contributed by atoms with Crippen LogP contribution < -0.4 is 20.3 Å². The van der Waals surface area contributed by atoms with Gasteiger partial charge in [0.1, 0.15) is 36.1 Å². The standard InChI is InChI=1S/C31H36ClFN8O/c1-3-40(4-2)15-6-13-34-31-35-14-11-29(39-31)41-16-12-27-25(19-41)30(37-21-36-27)38-24-9-10-28(26(32)18-24)42-20-22-7-5-8-23(33)17-22/h5,7-11,14,17-18,21H,3-4,6,12-13,15-16,19-20H2,1-2H3,(H,34,35,39)(H,36,37,38). The molecule has 0 unspecified atom stereocenters. The van der Waals surface area contributed by atoms with E-state index >= 15 is 0 Å². The molecule has 0 saturated carbocycles. The van der Waals surface area contributed by atoms with Crippen LogP contribution in [0.5, 0.6) is 5.75 Å². The lowest BCUT2D eigenvalue weighted by atomic mass is 10.1. The summed E-state index contributed by atoms with van der Waals surface area (Å²) in [5.41, 5.74) is 3.52. The molecule has 5 rings (SSSR count). The molecule has 1 aliphatic rings. The number of rotatable bonds is 13. The fraction of sp³-hybridized carbons (Fsp3) is 0.355. The topological polar surface area (TPSA) is 91.3 Å². The summed E-state index contributed by atoms with van der Waals surface area (Å²) in [6, 6.07) is 13.7. The van der Waals surface area contributed by atoms with Gasteiger partial charge in [-0.2, -0.15) is 4.98 Å². The highest BCUT2D eigenvalue weighted by Gasteiger charge is 2.23. The van der Waals surface area contributed by atoms with E-state index in [1.165, 1.54) is 12.1 Å². The van der Waals surface area contributed by atoms with Crippen molar-refractivity contribution in [3.8, 4) is 5.75 Å². The van der Waals surface area contributed by atoms with Crippen LogP contribution in [0.25, 0.3) is 0 Å². The number of nitrogens with zero attached hydrogens (tertiary/aromatic N) is 6. The van der Waals surface area contributed by atoms with Gasteiger partial charge in [-0.25, -0.2) is 19.3 Å². The van der Waals surface area contributed by atoms with Crippen molar-refractivity contribution < 1.29 is 9.13 Å². The second-order valence-electron chi connectivity index (χ2n) is 10.1. The van der Waals surface area contributed by atoms with Crippen molar-refractivity contribution in [3.05, 3.63) is 88.7 Å². The first-order valence-electron chi connectivity index (χ1n) is 14.3. The SMILES string of the molecule is CCN(CC)CCCNc1nccc(N2CCc3ncnc(Nc4ccc(OCc5cccc(F)c5)c(Cl)c4)c3C2)n1. The zero-order valence-corrected chi connectivity index (χ0v) is 24.7. The van der Waals surface area contributed by atoms with Crippen molar-refractivity contribution in [3.63, 3.8) is 0 Å². The molecular formula is C31H36ClFN8O. The normalized spacial score (nSPS) is 12.7. The third kappa shape index (κ3) is 7.63. The van der Waals surface area contributed by atoms with Crippen molar-refractivity contribution in [2.45, 2.75) is 39.8 Å². The maximum absolute atomic E-state index is 13.5. The second kappa shape index (κ2) is 14.2. The number of ether oxygens (including phenoxy) is 1. The largest absolute Gasteiger partial charge is 0.487 e.